The van der Waals surface area contributed by atoms with E-state index in [-0.39, 0.29) is 11.8 Å². The Labute approximate surface area is 106 Å². The first-order valence-electron chi connectivity index (χ1n) is 6.37. The molecule has 3 heteroatoms. The monoisotopic (exact) mass is 240 g/mol. The quantitative estimate of drug-likeness (QED) is 0.718. The van der Waals surface area contributed by atoms with Crippen LogP contribution in [0.5, 0.6) is 0 Å². The molecule has 1 aromatic heterocycles. The van der Waals surface area contributed by atoms with Crippen LogP contribution in [0.2, 0.25) is 0 Å². The van der Waals surface area contributed by atoms with Gasteiger partial charge in [-0.1, -0.05) is 17.7 Å². The summed E-state index contributed by atoms with van der Waals surface area (Å²) < 4.78 is 1.93. The van der Waals surface area contributed by atoms with Crippen molar-refractivity contribution in [1.82, 2.24) is 9.55 Å². The molecule has 3 rings (SSSR count). The second-order valence-corrected chi connectivity index (χ2v) is 4.94. The standard InChI is InChI=1S/C15H16N2O/c1-11-5-6-12-3-2-4-14(15(18)13(12)9-11)17-8-7-16-10-17/h5-10,14H,2-4H2,1H3. The van der Waals surface area contributed by atoms with Crippen molar-refractivity contribution < 1.29 is 4.79 Å². The van der Waals surface area contributed by atoms with Gasteiger partial charge in [0.2, 0.25) is 0 Å². The third-order valence-corrected chi connectivity index (χ3v) is 3.64. The minimum atomic E-state index is -0.0875. The number of rotatable bonds is 1. The maximum absolute atomic E-state index is 12.6. The molecule has 92 valence electrons. The number of imidazole rings is 1. The van der Waals surface area contributed by atoms with Crippen molar-refractivity contribution in [3.63, 3.8) is 0 Å². The van der Waals surface area contributed by atoms with Crippen molar-refractivity contribution in [3.05, 3.63) is 53.6 Å². The first-order valence-corrected chi connectivity index (χ1v) is 6.37. The molecule has 0 amide bonds. The smallest absolute Gasteiger partial charge is 0.185 e. The zero-order valence-corrected chi connectivity index (χ0v) is 10.5. The van der Waals surface area contributed by atoms with Gasteiger partial charge in [-0.05, 0) is 37.8 Å². The third kappa shape index (κ3) is 1.86. The number of Topliss-reactive ketones (excluding diaryl/α,β-unsaturated/α-hetero) is 1. The van der Waals surface area contributed by atoms with Crippen molar-refractivity contribution in [2.75, 3.05) is 0 Å². The average Bonchev–Trinajstić information content (AvgIpc) is 2.84. The molecule has 0 bridgehead atoms. The maximum Gasteiger partial charge on any atom is 0.185 e. The van der Waals surface area contributed by atoms with Gasteiger partial charge in [-0.3, -0.25) is 4.79 Å². The number of hydrogen-bond acceptors (Lipinski definition) is 2. The Kier molecular flexibility index (Phi) is 2.74. The molecular weight excluding hydrogens is 224 g/mol. The van der Waals surface area contributed by atoms with Gasteiger partial charge < -0.3 is 4.57 Å². The summed E-state index contributed by atoms with van der Waals surface area (Å²) in [5.41, 5.74) is 3.23. The van der Waals surface area contributed by atoms with Crippen LogP contribution >= 0.6 is 0 Å². The van der Waals surface area contributed by atoms with Gasteiger partial charge >= 0.3 is 0 Å². The highest BCUT2D eigenvalue weighted by atomic mass is 16.1. The Hall–Kier alpha value is -1.90. The van der Waals surface area contributed by atoms with Crippen molar-refractivity contribution in [3.8, 4) is 0 Å². The molecule has 1 aliphatic rings. The molecule has 0 saturated heterocycles. The predicted octanol–water partition coefficient (Wildman–Crippen LogP) is 2.95. The van der Waals surface area contributed by atoms with Crippen LogP contribution in [0.4, 0.5) is 0 Å². The summed E-state index contributed by atoms with van der Waals surface area (Å²) in [5, 5.41) is 0. The van der Waals surface area contributed by atoms with Crippen LogP contribution in [0.25, 0.3) is 0 Å². The van der Waals surface area contributed by atoms with E-state index in [0.717, 1.165) is 30.4 Å². The van der Waals surface area contributed by atoms with Crippen LogP contribution in [0, 0.1) is 6.92 Å². The number of fused-ring (bicyclic) bond motifs is 1. The van der Waals surface area contributed by atoms with E-state index in [2.05, 4.69) is 17.1 Å². The summed E-state index contributed by atoms with van der Waals surface area (Å²) in [5.74, 6) is 0.226. The van der Waals surface area contributed by atoms with Gasteiger partial charge in [-0.2, -0.15) is 0 Å². The zero-order chi connectivity index (χ0) is 12.5. The van der Waals surface area contributed by atoms with Gasteiger partial charge in [0.15, 0.2) is 5.78 Å². The van der Waals surface area contributed by atoms with Gasteiger partial charge in [0.05, 0.1) is 12.4 Å². The molecule has 0 fully saturated rings. The number of benzene rings is 1. The first-order chi connectivity index (χ1) is 8.75. The Bertz CT molecular complexity index is 572. The molecule has 18 heavy (non-hydrogen) atoms. The maximum atomic E-state index is 12.6. The molecule has 1 atom stereocenters. The minimum Gasteiger partial charge on any atom is -0.327 e. The van der Waals surface area contributed by atoms with Crippen LogP contribution in [0.15, 0.2) is 36.9 Å². The molecule has 0 radical (unpaired) electrons. The van der Waals surface area contributed by atoms with Gasteiger partial charge in [-0.15, -0.1) is 0 Å². The molecule has 0 spiro atoms. The Morgan fingerprint density at radius 1 is 1.39 bits per heavy atom. The summed E-state index contributed by atoms with van der Waals surface area (Å²) in [6, 6.07) is 6.12. The molecule has 1 aromatic carbocycles. The highest BCUT2D eigenvalue weighted by Crippen LogP contribution is 2.28. The van der Waals surface area contributed by atoms with E-state index in [4.69, 9.17) is 0 Å². The van der Waals surface area contributed by atoms with E-state index in [1.807, 2.05) is 23.8 Å². The molecule has 2 aromatic rings. The van der Waals surface area contributed by atoms with Crippen LogP contribution in [0.1, 0.15) is 40.4 Å². The lowest BCUT2D eigenvalue weighted by Gasteiger charge is -2.15. The lowest BCUT2D eigenvalue weighted by molar-refractivity contribution is 0.0921. The van der Waals surface area contributed by atoms with Crippen molar-refractivity contribution in [2.24, 2.45) is 0 Å². The fourth-order valence-corrected chi connectivity index (χ4v) is 2.67. The molecule has 3 nitrogen and oxygen atoms in total. The molecular formula is C15H16N2O. The molecule has 1 aliphatic carbocycles. The average molecular weight is 240 g/mol. The van der Waals surface area contributed by atoms with Crippen LogP contribution in [0.3, 0.4) is 0 Å². The van der Waals surface area contributed by atoms with E-state index in [1.54, 1.807) is 12.5 Å². The fraction of sp³-hybridized carbons (Fsp3) is 0.333. The van der Waals surface area contributed by atoms with E-state index in [9.17, 15) is 4.79 Å². The minimum absolute atomic E-state index is 0.0875. The van der Waals surface area contributed by atoms with E-state index < -0.39 is 0 Å². The van der Waals surface area contributed by atoms with Crippen molar-refractivity contribution >= 4 is 5.78 Å². The lowest BCUT2D eigenvalue weighted by atomic mass is 9.98. The molecule has 0 aliphatic heterocycles. The number of ketones is 1. The number of aryl methyl sites for hydroxylation is 2. The number of hydrogen-bond donors (Lipinski definition) is 0. The van der Waals surface area contributed by atoms with Crippen molar-refractivity contribution in [1.29, 1.82) is 0 Å². The third-order valence-electron chi connectivity index (χ3n) is 3.64. The van der Waals surface area contributed by atoms with E-state index >= 15 is 0 Å². The normalized spacial score (nSPS) is 19.4. The molecule has 1 heterocycles. The molecule has 1 unspecified atom stereocenters. The zero-order valence-electron chi connectivity index (χ0n) is 10.5. The lowest BCUT2D eigenvalue weighted by Crippen LogP contribution is -2.18. The number of carbonyl (C=O) groups excluding carboxylic acids is 1. The van der Waals surface area contributed by atoms with Gasteiger partial charge in [0, 0.05) is 18.0 Å². The summed E-state index contributed by atoms with van der Waals surface area (Å²) in [6.07, 6.45) is 8.28. The summed E-state index contributed by atoms with van der Waals surface area (Å²) >= 11 is 0. The topological polar surface area (TPSA) is 34.9 Å². The summed E-state index contributed by atoms with van der Waals surface area (Å²) in [6.45, 7) is 2.03. The summed E-state index contributed by atoms with van der Waals surface area (Å²) in [4.78, 5) is 16.7. The molecule has 0 saturated carbocycles. The van der Waals surface area contributed by atoms with E-state index in [1.165, 1.54) is 5.56 Å². The first kappa shape index (κ1) is 11.2. The van der Waals surface area contributed by atoms with Gasteiger partial charge in [0.1, 0.15) is 0 Å². The fourth-order valence-electron chi connectivity index (χ4n) is 2.67. The van der Waals surface area contributed by atoms with Gasteiger partial charge in [-0.25, -0.2) is 4.98 Å². The highest BCUT2D eigenvalue weighted by Gasteiger charge is 2.26. The van der Waals surface area contributed by atoms with Crippen LogP contribution < -0.4 is 0 Å². The van der Waals surface area contributed by atoms with Crippen LogP contribution in [-0.2, 0) is 6.42 Å². The molecule has 0 N–H and O–H groups in total. The largest absolute Gasteiger partial charge is 0.327 e. The summed E-state index contributed by atoms with van der Waals surface area (Å²) in [7, 11) is 0. The number of nitrogens with zero attached hydrogens (tertiary/aromatic N) is 2. The highest BCUT2D eigenvalue weighted by molar-refractivity contribution is 6.00. The van der Waals surface area contributed by atoms with E-state index in [0.29, 0.717) is 0 Å². The second kappa shape index (κ2) is 4.41. The Balaban J connectivity index is 2.05. The number of carbonyl (C=O) groups is 1. The van der Waals surface area contributed by atoms with Crippen molar-refractivity contribution in [2.45, 2.75) is 32.2 Å². The van der Waals surface area contributed by atoms with Crippen LogP contribution in [-0.4, -0.2) is 15.3 Å². The predicted molar refractivity (Wildman–Crippen MR) is 69.7 cm³/mol. The second-order valence-electron chi connectivity index (χ2n) is 4.94. The Morgan fingerprint density at radius 2 is 2.28 bits per heavy atom. The Morgan fingerprint density at radius 3 is 3.06 bits per heavy atom. The number of aromatic nitrogens is 2. The van der Waals surface area contributed by atoms with Gasteiger partial charge in [0.25, 0.3) is 0 Å². The SMILES string of the molecule is Cc1ccc2c(c1)C(=O)C(n1ccnc1)CCC2.